The minimum absolute atomic E-state index is 0.325. The molecule has 3 rings (SSSR count). The fourth-order valence-corrected chi connectivity index (χ4v) is 2.19. The normalized spacial score (nSPS) is 10.7. The zero-order chi connectivity index (χ0) is 13.2. The molecule has 2 aromatic carbocycles. The second kappa shape index (κ2) is 4.57. The number of nitrogens with zero attached hydrogens (tertiary/aromatic N) is 2. The largest absolute Gasteiger partial charge is 0.364 e. The number of rotatable bonds is 3. The number of fused-ring (bicyclic) bond motifs is 1. The topological polar surface area (TPSA) is 60.9 Å². The summed E-state index contributed by atoms with van der Waals surface area (Å²) in [6, 6.07) is 17.6. The molecule has 0 unspecified atom stereocenters. The van der Waals surface area contributed by atoms with Crippen LogP contribution < -0.4 is 5.73 Å². The maximum atomic E-state index is 11.4. The van der Waals surface area contributed by atoms with E-state index >= 15 is 0 Å². The number of amides is 1. The number of benzene rings is 2. The first-order chi connectivity index (χ1) is 9.25. The summed E-state index contributed by atoms with van der Waals surface area (Å²) in [6.45, 7) is 0.620. The monoisotopic (exact) mass is 251 g/mol. The molecule has 0 aliphatic carbocycles. The van der Waals surface area contributed by atoms with Gasteiger partial charge in [0.25, 0.3) is 5.91 Å². The average molecular weight is 251 g/mol. The number of carbonyl (C=O) groups is 1. The zero-order valence-corrected chi connectivity index (χ0v) is 10.3. The van der Waals surface area contributed by atoms with Gasteiger partial charge in [-0.2, -0.15) is 5.10 Å². The third-order valence-corrected chi connectivity index (χ3v) is 3.07. The van der Waals surface area contributed by atoms with E-state index in [0.29, 0.717) is 12.2 Å². The number of primary amides is 1. The summed E-state index contributed by atoms with van der Waals surface area (Å²) in [5, 5.41) is 5.12. The van der Waals surface area contributed by atoms with Crippen LogP contribution in [-0.2, 0) is 6.54 Å². The predicted octanol–water partition coefficient (Wildman–Crippen LogP) is 2.18. The van der Waals surface area contributed by atoms with Crippen LogP contribution in [0.15, 0.2) is 54.6 Å². The third-order valence-electron chi connectivity index (χ3n) is 3.07. The summed E-state index contributed by atoms with van der Waals surface area (Å²) in [5.41, 5.74) is 7.75. The Morgan fingerprint density at radius 3 is 2.47 bits per heavy atom. The van der Waals surface area contributed by atoms with E-state index in [1.807, 2.05) is 59.3 Å². The molecule has 0 atom stereocenters. The van der Waals surface area contributed by atoms with Crippen LogP contribution in [0.25, 0.3) is 10.9 Å². The van der Waals surface area contributed by atoms with Gasteiger partial charge in [0.1, 0.15) is 0 Å². The fourth-order valence-electron chi connectivity index (χ4n) is 2.19. The lowest BCUT2D eigenvalue weighted by atomic mass is 10.2. The number of hydrogen-bond acceptors (Lipinski definition) is 2. The summed E-state index contributed by atoms with van der Waals surface area (Å²) in [7, 11) is 0. The summed E-state index contributed by atoms with van der Waals surface area (Å²) in [6.07, 6.45) is 0. The van der Waals surface area contributed by atoms with Gasteiger partial charge < -0.3 is 5.73 Å². The lowest BCUT2D eigenvalue weighted by Crippen LogP contribution is -2.13. The van der Waals surface area contributed by atoms with Gasteiger partial charge in [-0.1, -0.05) is 48.5 Å². The van der Waals surface area contributed by atoms with Gasteiger partial charge in [-0.05, 0) is 11.6 Å². The first kappa shape index (κ1) is 11.5. The molecule has 0 fully saturated rings. The fraction of sp³-hybridized carbons (Fsp3) is 0.0667. The third kappa shape index (κ3) is 2.08. The van der Waals surface area contributed by atoms with Crippen LogP contribution in [-0.4, -0.2) is 15.7 Å². The first-order valence-corrected chi connectivity index (χ1v) is 6.05. The predicted molar refractivity (Wildman–Crippen MR) is 73.8 cm³/mol. The first-order valence-electron chi connectivity index (χ1n) is 6.05. The van der Waals surface area contributed by atoms with Crippen molar-refractivity contribution in [3.8, 4) is 0 Å². The summed E-state index contributed by atoms with van der Waals surface area (Å²) in [4.78, 5) is 11.4. The Bertz CT molecular complexity index is 731. The highest BCUT2D eigenvalue weighted by Crippen LogP contribution is 2.19. The molecule has 94 valence electrons. The van der Waals surface area contributed by atoms with Crippen molar-refractivity contribution in [2.75, 3.05) is 0 Å². The molecule has 0 aliphatic rings. The molecule has 0 saturated heterocycles. The van der Waals surface area contributed by atoms with Crippen molar-refractivity contribution in [3.05, 3.63) is 65.9 Å². The highest BCUT2D eigenvalue weighted by molar-refractivity contribution is 6.04. The van der Waals surface area contributed by atoms with Gasteiger partial charge >= 0.3 is 0 Å². The molecule has 0 spiro atoms. The van der Waals surface area contributed by atoms with Crippen molar-refractivity contribution in [1.29, 1.82) is 0 Å². The van der Waals surface area contributed by atoms with E-state index < -0.39 is 5.91 Å². The number of carbonyl (C=O) groups excluding carboxylic acids is 1. The number of aromatic nitrogens is 2. The van der Waals surface area contributed by atoms with E-state index in [1.54, 1.807) is 0 Å². The van der Waals surface area contributed by atoms with E-state index in [2.05, 4.69) is 5.10 Å². The van der Waals surface area contributed by atoms with Crippen LogP contribution in [0.3, 0.4) is 0 Å². The number of hydrogen-bond donors (Lipinski definition) is 1. The van der Waals surface area contributed by atoms with Gasteiger partial charge in [-0.15, -0.1) is 0 Å². The van der Waals surface area contributed by atoms with Crippen molar-refractivity contribution < 1.29 is 4.79 Å². The van der Waals surface area contributed by atoms with Gasteiger partial charge in [0.2, 0.25) is 0 Å². The molecule has 2 N–H and O–H groups in total. The Labute approximate surface area is 110 Å². The molecule has 4 nitrogen and oxygen atoms in total. The minimum Gasteiger partial charge on any atom is -0.364 e. The molecule has 19 heavy (non-hydrogen) atoms. The highest BCUT2D eigenvalue weighted by Gasteiger charge is 2.14. The molecule has 1 aromatic heterocycles. The van der Waals surface area contributed by atoms with Crippen molar-refractivity contribution in [2.24, 2.45) is 5.73 Å². The van der Waals surface area contributed by atoms with Gasteiger partial charge in [0.15, 0.2) is 5.69 Å². The summed E-state index contributed by atoms with van der Waals surface area (Å²) < 4.78 is 1.81. The van der Waals surface area contributed by atoms with Crippen LogP contribution >= 0.6 is 0 Å². The summed E-state index contributed by atoms with van der Waals surface area (Å²) >= 11 is 0. The van der Waals surface area contributed by atoms with Crippen molar-refractivity contribution >= 4 is 16.8 Å². The smallest absolute Gasteiger partial charge is 0.269 e. The molecule has 3 aromatic rings. The van der Waals surface area contributed by atoms with Crippen molar-refractivity contribution in [2.45, 2.75) is 6.54 Å². The van der Waals surface area contributed by atoms with E-state index in [4.69, 9.17) is 5.73 Å². The molecular weight excluding hydrogens is 238 g/mol. The zero-order valence-electron chi connectivity index (χ0n) is 10.3. The Morgan fingerprint density at radius 2 is 1.74 bits per heavy atom. The maximum Gasteiger partial charge on any atom is 0.269 e. The van der Waals surface area contributed by atoms with Gasteiger partial charge in [-0.3, -0.25) is 9.48 Å². The lowest BCUT2D eigenvalue weighted by Gasteiger charge is -2.03. The van der Waals surface area contributed by atoms with E-state index in [1.165, 1.54) is 0 Å². The lowest BCUT2D eigenvalue weighted by molar-refractivity contribution is 0.0996. The molecule has 0 bridgehead atoms. The van der Waals surface area contributed by atoms with E-state index in [0.717, 1.165) is 16.5 Å². The van der Waals surface area contributed by atoms with Gasteiger partial charge in [0, 0.05) is 5.39 Å². The summed E-state index contributed by atoms with van der Waals surface area (Å²) in [5.74, 6) is -0.497. The molecule has 0 saturated carbocycles. The van der Waals surface area contributed by atoms with E-state index in [-0.39, 0.29) is 0 Å². The van der Waals surface area contributed by atoms with Crippen molar-refractivity contribution in [1.82, 2.24) is 9.78 Å². The number of para-hydroxylation sites is 1. The second-order valence-corrected chi connectivity index (χ2v) is 4.37. The van der Waals surface area contributed by atoms with Crippen LogP contribution in [0.1, 0.15) is 16.1 Å². The van der Waals surface area contributed by atoms with E-state index in [9.17, 15) is 4.79 Å². The molecule has 1 amide bonds. The molecule has 4 heteroatoms. The highest BCUT2D eigenvalue weighted by atomic mass is 16.1. The standard InChI is InChI=1S/C15H13N3O/c16-15(19)14-12-8-4-5-9-13(12)18(17-14)10-11-6-2-1-3-7-11/h1-9H,10H2,(H2,16,19). The average Bonchev–Trinajstić information content (AvgIpc) is 2.79. The Hall–Kier alpha value is -2.62. The van der Waals surface area contributed by atoms with Crippen molar-refractivity contribution in [3.63, 3.8) is 0 Å². The Morgan fingerprint density at radius 1 is 1.05 bits per heavy atom. The van der Waals surface area contributed by atoms with Crippen LogP contribution in [0, 0.1) is 0 Å². The van der Waals surface area contributed by atoms with Gasteiger partial charge in [-0.25, -0.2) is 0 Å². The van der Waals surface area contributed by atoms with Crippen LogP contribution in [0.5, 0.6) is 0 Å². The van der Waals surface area contributed by atoms with Crippen LogP contribution in [0.2, 0.25) is 0 Å². The Kier molecular flexibility index (Phi) is 2.76. The molecule has 0 aliphatic heterocycles. The Balaban J connectivity index is 2.11. The minimum atomic E-state index is -0.497. The maximum absolute atomic E-state index is 11.4. The SMILES string of the molecule is NC(=O)c1nn(Cc2ccccc2)c2ccccc12. The number of nitrogens with two attached hydrogens (primary N) is 1. The van der Waals surface area contributed by atoms with Crippen LogP contribution in [0.4, 0.5) is 0 Å². The molecular formula is C15H13N3O. The quantitative estimate of drug-likeness (QED) is 0.775. The molecule has 0 radical (unpaired) electrons. The molecule has 1 heterocycles. The second-order valence-electron chi connectivity index (χ2n) is 4.37. The van der Waals surface area contributed by atoms with Gasteiger partial charge in [0.05, 0.1) is 12.1 Å².